The maximum Gasteiger partial charge on any atom is 0.573 e. The van der Waals surface area contributed by atoms with E-state index in [1.54, 1.807) is 12.1 Å². The van der Waals surface area contributed by atoms with Crippen LogP contribution >= 0.6 is 0 Å². The van der Waals surface area contributed by atoms with Crippen molar-refractivity contribution < 1.29 is 22.7 Å². The summed E-state index contributed by atoms with van der Waals surface area (Å²) in [4.78, 5) is 12.8. The summed E-state index contributed by atoms with van der Waals surface area (Å²) < 4.78 is 40.9. The molecule has 0 bridgehead atoms. The van der Waals surface area contributed by atoms with Crippen molar-refractivity contribution in [2.24, 2.45) is 0 Å². The molecule has 3 rings (SSSR count). The number of hydrogen-bond acceptors (Lipinski definition) is 3. The standard InChI is InChI=1S/C23H20F3NO2/c1-16-7-9-18(10-8-16)22(28)15-21(17-5-3-2-4-6-17)27-19-11-13-20(14-12-19)29-23(24,25)26/h2-14,21,27H,15H2,1H3/t21-/m0/s1. The molecule has 1 N–H and O–H groups in total. The molecule has 3 aromatic rings. The second-order valence-corrected chi connectivity index (χ2v) is 6.67. The number of rotatable bonds is 7. The Labute approximate surface area is 167 Å². The van der Waals surface area contributed by atoms with E-state index in [-0.39, 0.29) is 24.0 Å². The first-order valence-corrected chi connectivity index (χ1v) is 9.07. The normalized spacial score (nSPS) is 12.3. The van der Waals surface area contributed by atoms with Crippen molar-refractivity contribution in [1.29, 1.82) is 0 Å². The molecular weight excluding hydrogens is 379 g/mol. The third kappa shape index (κ3) is 6.10. The summed E-state index contributed by atoms with van der Waals surface area (Å²) in [6.45, 7) is 1.95. The Morgan fingerprint density at radius 1 is 0.931 bits per heavy atom. The second kappa shape index (κ2) is 8.82. The molecular formula is C23H20F3NO2. The predicted octanol–water partition coefficient (Wildman–Crippen LogP) is 6.32. The van der Waals surface area contributed by atoms with E-state index in [0.717, 1.165) is 11.1 Å². The Morgan fingerprint density at radius 2 is 1.55 bits per heavy atom. The van der Waals surface area contributed by atoms with E-state index in [9.17, 15) is 18.0 Å². The quantitative estimate of drug-likeness (QED) is 0.473. The predicted molar refractivity (Wildman–Crippen MR) is 106 cm³/mol. The van der Waals surface area contributed by atoms with E-state index in [1.165, 1.54) is 24.3 Å². The fraction of sp³-hybridized carbons (Fsp3) is 0.174. The highest BCUT2D eigenvalue weighted by atomic mass is 19.4. The lowest BCUT2D eigenvalue weighted by atomic mass is 9.97. The van der Waals surface area contributed by atoms with Gasteiger partial charge in [-0.25, -0.2) is 0 Å². The van der Waals surface area contributed by atoms with Crippen LogP contribution in [0.4, 0.5) is 18.9 Å². The van der Waals surface area contributed by atoms with Crippen molar-refractivity contribution >= 4 is 11.5 Å². The lowest BCUT2D eigenvalue weighted by molar-refractivity contribution is -0.274. The van der Waals surface area contributed by atoms with Gasteiger partial charge in [0.2, 0.25) is 0 Å². The number of Topliss-reactive ketones (excluding diaryl/α,β-unsaturated/α-hetero) is 1. The molecule has 0 heterocycles. The first-order valence-electron chi connectivity index (χ1n) is 9.07. The minimum absolute atomic E-state index is 0.0247. The van der Waals surface area contributed by atoms with Gasteiger partial charge < -0.3 is 10.1 Å². The number of nitrogens with one attached hydrogen (secondary N) is 1. The summed E-state index contributed by atoms with van der Waals surface area (Å²) in [5.74, 6) is -0.321. The van der Waals surface area contributed by atoms with Crippen LogP contribution < -0.4 is 10.1 Å². The zero-order valence-electron chi connectivity index (χ0n) is 15.7. The van der Waals surface area contributed by atoms with Gasteiger partial charge in [-0.05, 0) is 36.8 Å². The summed E-state index contributed by atoms with van der Waals surface area (Å²) in [5, 5.41) is 3.24. The maximum absolute atomic E-state index is 12.8. The Hall–Kier alpha value is -3.28. The average Bonchev–Trinajstić information content (AvgIpc) is 2.69. The lowest BCUT2D eigenvalue weighted by Gasteiger charge is -2.20. The Bertz CT molecular complexity index is 937. The smallest absolute Gasteiger partial charge is 0.406 e. The molecule has 0 unspecified atom stereocenters. The number of carbonyl (C=O) groups is 1. The number of carbonyl (C=O) groups excluding carboxylic acids is 1. The average molecular weight is 399 g/mol. The number of aryl methyl sites for hydroxylation is 1. The van der Waals surface area contributed by atoms with Crippen LogP contribution in [0.1, 0.15) is 33.9 Å². The fourth-order valence-corrected chi connectivity index (χ4v) is 2.93. The molecule has 0 fully saturated rings. The molecule has 29 heavy (non-hydrogen) atoms. The van der Waals surface area contributed by atoms with Gasteiger partial charge in [-0.3, -0.25) is 4.79 Å². The Kier molecular flexibility index (Phi) is 6.22. The largest absolute Gasteiger partial charge is 0.573 e. The lowest BCUT2D eigenvalue weighted by Crippen LogP contribution is -2.17. The van der Waals surface area contributed by atoms with Gasteiger partial charge in [-0.1, -0.05) is 60.2 Å². The van der Waals surface area contributed by atoms with Gasteiger partial charge in [0.1, 0.15) is 5.75 Å². The van der Waals surface area contributed by atoms with Gasteiger partial charge >= 0.3 is 6.36 Å². The van der Waals surface area contributed by atoms with Crippen molar-refractivity contribution in [2.75, 3.05) is 5.32 Å². The molecule has 0 saturated heterocycles. The van der Waals surface area contributed by atoms with Crippen LogP contribution in [0.5, 0.6) is 5.75 Å². The van der Waals surface area contributed by atoms with Crippen LogP contribution in [-0.2, 0) is 0 Å². The Balaban J connectivity index is 1.77. The van der Waals surface area contributed by atoms with Crippen molar-refractivity contribution in [2.45, 2.75) is 25.7 Å². The van der Waals surface area contributed by atoms with Crippen LogP contribution in [0.2, 0.25) is 0 Å². The van der Waals surface area contributed by atoms with E-state index in [0.29, 0.717) is 11.3 Å². The van der Waals surface area contributed by atoms with Gasteiger partial charge in [0.05, 0.1) is 6.04 Å². The maximum atomic E-state index is 12.8. The molecule has 3 nitrogen and oxygen atoms in total. The minimum Gasteiger partial charge on any atom is -0.406 e. The van der Waals surface area contributed by atoms with Crippen molar-refractivity contribution in [1.82, 2.24) is 0 Å². The van der Waals surface area contributed by atoms with Crippen LogP contribution in [0.3, 0.4) is 0 Å². The number of benzene rings is 3. The van der Waals surface area contributed by atoms with Crippen molar-refractivity contribution in [3.05, 3.63) is 95.6 Å². The number of ketones is 1. The van der Waals surface area contributed by atoms with Crippen LogP contribution in [0.25, 0.3) is 0 Å². The van der Waals surface area contributed by atoms with E-state index in [2.05, 4.69) is 10.1 Å². The van der Waals surface area contributed by atoms with E-state index in [1.807, 2.05) is 49.4 Å². The molecule has 0 spiro atoms. The molecule has 0 aliphatic heterocycles. The Morgan fingerprint density at radius 3 is 2.14 bits per heavy atom. The SMILES string of the molecule is Cc1ccc(C(=O)C[C@H](Nc2ccc(OC(F)(F)F)cc2)c2ccccc2)cc1. The number of alkyl halides is 3. The number of hydrogen-bond donors (Lipinski definition) is 1. The van der Waals surface area contributed by atoms with Gasteiger partial charge in [0.25, 0.3) is 0 Å². The third-order valence-corrected chi connectivity index (χ3v) is 4.39. The third-order valence-electron chi connectivity index (χ3n) is 4.39. The molecule has 0 aliphatic carbocycles. The van der Waals surface area contributed by atoms with Gasteiger partial charge in [0.15, 0.2) is 5.78 Å². The zero-order chi connectivity index (χ0) is 20.9. The highest BCUT2D eigenvalue weighted by Gasteiger charge is 2.31. The highest BCUT2D eigenvalue weighted by molar-refractivity contribution is 5.96. The van der Waals surface area contributed by atoms with Crippen LogP contribution in [0, 0.1) is 6.92 Å². The fourth-order valence-electron chi connectivity index (χ4n) is 2.93. The number of ether oxygens (including phenoxy) is 1. The molecule has 150 valence electrons. The van der Waals surface area contributed by atoms with Crippen LogP contribution in [-0.4, -0.2) is 12.1 Å². The van der Waals surface area contributed by atoms with E-state index in [4.69, 9.17) is 0 Å². The molecule has 0 saturated carbocycles. The van der Waals surface area contributed by atoms with Crippen molar-refractivity contribution in [3.8, 4) is 5.75 Å². The van der Waals surface area contributed by atoms with Gasteiger partial charge in [-0.15, -0.1) is 13.2 Å². The first kappa shape index (κ1) is 20.5. The first-order chi connectivity index (χ1) is 13.8. The molecule has 0 aliphatic rings. The van der Waals surface area contributed by atoms with Crippen LogP contribution in [0.15, 0.2) is 78.9 Å². The molecule has 1 atom stereocenters. The van der Waals surface area contributed by atoms with Gasteiger partial charge in [-0.2, -0.15) is 0 Å². The molecule has 0 aromatic heterocycles. The molecule has 3 aromatic carbocycles. The minimum atomic E-state index is -4.73. The summed E-state index contributed by atoms with van der Waals surface area (Å²) in [6, 6.07) is 21.9. The summed E-state index contributed by atoms with van der Waals surface area (Å²) in [7, 11) is 0. The summed E-state index contributed by atoms with van der Waals surface area (Å²) >= 11 is 0. The molecule has 6 heteroatoms. The molecule has 0 radical (unpaired) electrons. The highest BCUT2D eigenvalue weighted by Crippen LogP contribution is 2.28. The molecule has 0 amide bonds. The van der Waals surface area contributed by atoms with E-state index < -0.39 is 6.36 Å². The zero-order valence-corrected chi connectivity index (χ0v) is 15.7. The number of halogens is 3. The van der Waals surface area contributed by atoms with E-state index >= 15 is 0 Å². The second-order valence-electron chi connectivity index (χ2n) is 6.67. The van der Waals surface area contributed by atoms with Gasteiger partial charge in [0, 0.05) is 17.7 Å². The topological polar surface area (TPSA) is 38.3 Å². The summed E-state index contributed by atoms with van der Waals surface area (Å²) in [6.07, 6.45) is -4.53. The monoisotopic (exact) mass is 399 g/mol. The summed E-state index contributed by atoms with van der Waals surface area (Å²) in [5.41, 5.74) is 3.18. The van der Waals surface area contributed by atoms with Crippen molar-refractivity contribution in [3.63, 3.8) is 0 Å². The number of anilines is 1.